The molecular weight excluding hydrogens is 304 g/mol. The zero-order valence-corrected chi connectivity index (χ0v) is 14.0. The van der Waals surface area contributed by atoms with Gasteiger partial charge in [0.15, 0.2) is 0 Å². The van der Waals surface area contributed by atoms with E-state index in [1.54, 1.807) is 17.3 Å². The van der Waals surface area contributed by atoms with Crippen LogP contribution in [0.4, 0.5) is 17.1 Å². The highest BCUT2D eigenvalue weighted by atomic mass is 16.5. The Bertz CT molecular complexity index is 694. The van der Waals surface area contributed by atoms with Gasteiger partial charge in [-0.25, -0.2) is 0 Å². The fourth-order valence-corrected chi connectivity index (χ4v) is 2.58. The molecule has 0 unspecified atom stereocenters. The number of rotatable bonds is 4. The van der Waals surface area contributed by atoms with Gasteiger partial charge in [-0.1, -0.05) is 0 Å². The summed E-state index contributed by atoms with van der Waals surface area (Å²) in [6.45, 7) is 2.44. The molecule has 126 valence electrons. The summed E-state index contributed by atoms with van der Waals surface area (Å²) in [5, 5.41) is 3.29. The van der Waals surface area contributed by atoms with Crippen molar-refractivity contribution >= 4 is 23.0 Å². The van der Waals surface area contributed by atoms with Crippen molar-refractivity contribution in [3.8, 4) is 0 Å². The number of morpholine rings is 1. The molecule has 2 aromatic rings. The molecule has 6 heteroatoms. The van der Waals surface area contributed by atoms with Crippen molar-refractivity contribution in [1.29, 1.82) is 0 Å². The van der Waals surface area contributed by atoms with E-state index < -0.39 is 0 Å². The lowest BCUT2D eigenvalue weighted by atomic mass is 10.2. The van der Waals surface area contributed by atoms with Gasteiger partial charge in [-0.05, 0) is 30.3 Å². The maximum atomic E-state index is 12.5. The van der Waals surface area contributed by atoms with Crippen LogP contribution in [0.5, 0.6) is 0 Å². The lowest BCUT2D eigenvalue weighted by Crippen LogP contribution is -2.40. The number of carbonyl (C=O) groups excluding carboxylic acids is 1. The van der Waals surface area contributed by atoms with Gasteiger partial charge in [-0.3, -0.25) is 9.78 Å². The molecule has 1 aromatic carbocycles. The van der Waals surface area contributed by atoms with E-state index in [-0.39, 0.29) is 5.91 Å². The van der Waals surface area contributed by atoms with Crippen molar-refractivity contribution in [2.45, 2.75) is 0 Å². The smallest absolute Gasteiger partial charge is 0.255 e. The Morgan fingerprint density at radius 1 is 1.12 bits per heavy atom. The number of hydrogen-bond acceptors (Lipinski definition) is 5. The average Bonchev–Trinajstić information content (AvgIpc) is 2.62. The number of anilines is 3. The topological polar surface area (TPSA) is 57.7 Å². The number of nitrogens with zero attached hydrogens (tertiary/aromatic N) is 3. The molecular formula is C18H22N4O2. The summed E-state index contributed by atoms with van der Waals surface area (Å²) >= 11 is 0. The average molecular weight is 326 g/mol. The summed E-state index contributed by atoms with van der Waals surface area (Å²) in [4.78, 5) is 20.6. The van der Waals surface area contributed by atoms with E-state index in [0.29, 0.717) is 31.9 Å². The lowest BCUT2D eigenvalue weighted by Gasteiger charge is -2.26. The van der Waals surface area contributed by atoms with Crippen LogP contribution in [0.25, 0.3) is 0 Å². The molecule has 1 N–H and O–H groups in total. The van der Waals surface area contributed by atoms with Crippen LogP contribution in [0.15, 0.2) is 42.7 Å². The predicted octanol–water partition coefficient (Wildman–Crippen LogP) is 2.36. The minimum absolute atomic E-state index is 0.00240. The predicted molar refractivity (Wildman–Crippen MR) is 95.0 cm³/mol. The number of carbonyl (C=O) groups is 1. The molecule has 0 radical (unpaired) electrons. The molecule has 0 bridgehead atoms. The van der Waals surface area contributed by atoms with Crippen LogP contribution in [0.1, 0.15) is 10.4 Å². The van der Waals surface area contributed by atoms with E-state index in [1.165, 1.54) is 0 Å². The Balaban J connectivity index is 1.71. The Morgan fingerprint density at radius 3 is 2.50 bits per heavy atom. The van der Waals surface area contributed by atoms with Gasteiger partial charge in [0, 0.05) is 44.8 Å². The Hall–Kier alpha value is -2.60. The van der Waals surface area contributed by atoms with Crippen molar-refractivity contribution in [1.82, 2.24) is 9.88 Å². The molecule has 24 heavy (non-hydrogen) atoms. The maximum Gasteiger partial charge on any atom is 0.255 e. The summed E-state index contributed by atoms with van der Waals surface area (Å²) in [5.74, 6) is -0.00240. The summed E-state index contributed by atoms with van der Waals surface area (Å²) < 4.78 is 5.29. The maximum absolute atomic E-state index is 12.5. The van der Waals surface area contributed by atoms with E-state index in [1.807, 2.05) is 49.3 Å². The molecule has 1 aliphatic heterocycles. The van der Waals surface area contributed by atoms with Crippen molar-refractivity contribution < 1.29 is 9.53 Å². The fraction of sp³-hybridized carbons (Fsp3) is 0.333. The number of hydrogen-bond donors (Lipinski definition) is 1. The van der Waals surface area contributed by atoms with Crippen LogP contribution in [0.2, 0.25) is 0 Å². The molecule has 0 saturated carbocycles. The number of nitrogens with one attached hydrogen (secondary N) is 1. The van der Waals surface area contributed by atoms with Crippen molar-refractivity contribution in [3.63, 3.8) is 0 Å². The van der Waals surface area contributed by atoms with Crippen molar-refractivity contribution in [2.24, 2.45) is 0 Å². The Kier molecular flexibility index (Phi) is 4.96. The third-order valence-corrected chi connectivity index (χ3v) is 3.96. The highest BCUT2D eigenvalue weighted by molar-refractivity contribution is 5.95. The molecule has 0 atom stereocenters. The molecule has 0 aliphatic carbocycles. The minimum atomic E-state index is -0.00240. The fourth-order valence-electron chi connectivity index (χ4n) is 2.58. The zero-order valence-electron chi connectivity index (χ0n) is 14.0. The van der Waals surface area contributed by atoms with Crippen LogP contribution in [-0.2, 0) is 4.74 Å². The van der Waals surface area contributed by atoms with E-state index in [4.69, 9.17) is 4.74 Å². The van der Waals surface area contributed by atoms with E-state index in [9.17, 15) is 4.79 Å². The molecule has 6 nitrogen and oxygen atoms in total. The van der Waals surface area contributed by atoms with Gasteiger partial charge in [-0.2, -0.15) is 0 Å². The second-order valence-electron chi connectivity index (χ2n) is 5.93. The Morgan fingerprint density at radius 2 is 1.83 bits per heavy atom. The lowest BCUT2D eigenvalue weighted by molar-refractivity contribution is 0.0302. The van der Waals surface area contributed by atoms with Gasteiger partial charge in [-0.15, -0.1) is 0 Å². The van der Waals surface area contributed by atoms with Gasteiger partial charge in [0.05, 0.1) is 30.7 Å². The molecule has 1 amide bonds. The minimum Gasteiger partial charge on any atom is -0.378 e. The molecule has 1 aliphatic rings. The highest BCUT2D eigenvalue weighted by Gasteiger charge is 2.19. The first-order chi connectivity index (χ1) is 11.6. The first-order valence-corrected chi connectivity index (χ1v) is 8.00. The second kappa shape index (κ2) is 7.31. The van der Waals surface area contributed by atoms with Crippen LogP contribution >= 0.6 is 0 Å². The number of pyridine rings is 1. The third-order valence-electron chi connectivity index (χ3n) is 3.96. The van der Waals surface area contributed by atoms with Gasteiger partial charge in [0.2, 0.25) is 0 Å². The SMILES string of the molecule is CN(C)c1ccc(Nc2cncc(C(=O)N3CCOCC3)c2)cc1. The zero-order chi connectivity index (χ0) is 16.9. The largest absolute Gasteiger partial charge is 0.378 e. The van der Waals surface area contributed by atoms with Gasteiger partial charge >= 0.3 is 0 Å². The number of amides is 1. The number of aromatic nitrogens is 1. The first kappa shape index (κ1) is 16.3. The molecule has 1 aromatic heterocycles. The monoisotopic (exact) mass is 326 g/mol. The normalized spacial score (nSPS) is 14.3. The number of ether oxygens (including phenoxy) is 1. The van der Waals surface area contributed by atoms with E-state index in [2.05, 4.69) is 10.3 Å². The second-order valence-corrected chi connectivity index (χ2v) is 5.93. The Labute approximate surface area is 142 Å². The third kappa shape index (κ3) is 3.83. The van der Waals surface area contributed by atoms with Crippen LogP contribution < -0.4 is 10.2 Å². The van der Waals surface area contributed by atoms with E-state index in [0.717, 1.165) is 17.1 Å². The number of benzene rings is 1. The quantitative estimate of drug-likeness (QED) is 0.935. The first-order valence-electron chi connectivity index (χ1n) is 8.00. The molecule has 2 heterocycles. The van der Waals surface area contributed by atoms with Gasteiger partial charge in [0.25, 0.3) is 5.91 Å². The van der Waals surface area contributed by atoms with Gasteiger partial charge < -0.3 is 19.9 Å². The highest BCUT2D eigenvalue weighted by Crippen LogP contribution is 2.20. The summed E-state index contributed by atoms with van der Waals surface area (Å²) in [6, 6.07) is 9.93. The van der Waals surface area contributed by atoms with Crippen LogP contribution in [0, 0.1) is 0 Å². The molecule has 3 rings (SSSR count). The van der Waals surface area contributed by atoms with Gasteiger partial charge in [0.1, 0.15) is 0 Å². The molecule has 0 spiro atoms. The summed E-state index contributed by atoms with van der Waals surface area (Å²) in [7, 11) is 4.01. The standard InChI is InChI=1S/C18H22N4O2/c1-21(2)17-5-3-15(4-6-17)20-16-11-14(12-19-13-16)18(23)22-7-9-24-10-8-22/h3-6,11-13,20H,7-10H2,1-2H3. The molecule has 1 fully saturated rings. The summed E-state index contributed by atoms with van der Waals surface area (Å²) in [5.41, 5.74) is 3.48. The van der Waals surface area contributed by atoms with Crippen LogP contribution in [-0.4, -0.2) is 56.2 Å². The van der Waals surface area contributed by atoms with E-state index >= 15 is 0 Å². The van der Waals surface area contributed by atoms with Crippen molar-refractivity contribution in [2.75, 3.05) is 50.6 Å². The summed E-state index contributed by atoms with van der Waals surface area (Å²) in [6.07, 6.45) is 3.33. The van der Waals surface area contributed by atoms with Crippen LogP contribution in [0.3, 0.4) is 0 Å². The molecule has 1 saturated heterocycles. The van der Waals surface area contributed by atoms with Crippen molar-refractivity contribution in [3.05, 3.63) is 48.3 Å².